The van der Waals surface area contributed by atoms with Gasteiger partial charge in [0, 0.05) is 37.9 Å². The van der Waals surface area contributed by atoms with E-state index in [1.54, 1.807) is 24.4 Å². The first-order valence-corrected chi connectivity index (χ1v) is 11.0. The molecule has 1 unspecified atom stereocenters. The minimum absolute atomic E-state index is 0.0316. The van der Waals surface area contributed by atoms with E-state index in [-0.39, 0.29) is 11.9 Å². The van der Waals surface area contributed by atoms with E-state index in [2.05, 4.69) is 39.6 Å². The molecule has 0 radical (unpaired) electrons. The maximum absolute atomic E-state index is 13.5. The van der Waals surface area contributed by atoms with Crippen molar-refractivity contribution in [3.8, 4) is 22.7 Å². The standard InChI is InChI=1S/C25H25FN6O/c1-17(18-5-3-2-4-6-18)29-24-28-12-11-21(30-24)23-22(19-7-9-20(26)10-8-19)31-25(33-23)32-15-13-27-14-16-32/h2-12,17,27H,13-16H2,1H3,(H,28,29,30). The van der Waals surface area contributed by atoms with Crippen LogP contribution in [0.4, 0.5) is 16.4 Å². The number of nitrogens with zero attached hydrogens (tertiary/aromatic N) is 4. The van der Waals surface area contributed by atoms with Gasteiger partial charge in [0.1, 0.15) is 17.2 Å². The second kappa shape index (κ2) is 9.38. The van der Waals surface area contributed by atoms with Crippen molar-refractivity contribution >= 4 is 12.0 Å². The number of anilines is 2. The van der Waals surface area contributed by atoms with Crippen molar-refractivity contribution in [1.82, 2.24) is 20.3 Å². The molecule has 1 atom stereocenters. The summed E-state index contributed by atoms with van der Waals surface area (Å²) in [5.41, 5.74) is 3.15. The lowest BCUT2D eigenvalue weighted by Gasteiger charge is -2.25. The van der Waals surface area contributed by atoms with E-state index in [0.717, 1.165) is 37.3 Å². The van der Waals surface area contributed by atoms with Gasteiger partial charge in [-0.3, -0.25) is 0 Å². The van der Waals surface area contributed by atoms with E-state index < -0.39 is 0 Å². The molecule has 2 aromatic heterocycles. The van der Waals surface area contributed by atoms with Crippen LogP contribution in [0.3, 0.4) is 0 Å². The number of oxazole rings is 1. The summed E-state index contributed by atoms with van der Waals surface area (Å²) in [5, 5.41) is 6.69. The lowest BCUT2D eigenvalue weighted by molar-refractivity contribution is 0.505. The Kier molecular flexibility index (Phi) is 5.99. The molecule has 0 amide bonds. The molecule has 1 fully saturated rings. The smallest absolute Gasteiger partial charge is 0.298 e. The molecule has 1 aliphatic heterocycles. The first-order valence-electron chi connectivity index (χ1n) is 11.0. The fourth-order valence-corrected chi connectivity index (χ4v) is 3.85. The summed E-state index contributed by atoms with van der Waals surface area (Å²) in [5.74, 6) is 0.733. The summed E-state index contributed by atoms with van der Waals surface area (Å²) in [6.45, 7) is 5.39. The van der Waals surface area contributed by atoms with E-state index in [4.69, 9.17) is 14.4 Å². The van der Waals surface area contributed by atoms with Gasteiger partial charge in [0.15, 0.2) is 5.76 Å². The van der Waals surface area contributed by atoms with Crippen LogP contribution in [0.1, 0.15) is 18.5 Å². The molecule has 0 spiro atoms. The minimum atomic E-state index is -0.297. The largest absolute Gasteiger partial charge is 0.421 e. The topological polar surface area (TPSA) is 79.1 Å². The predicted molar refractivity (Wildman–Crippen MR) is 126 cm³/mol. The van der Waals surface area contributed by atoms with Gasteiger partial charge < -0.3 is 20.0 Å². The number of benzene rings is 2. The minimum Gasteiger partial charge on any atom is -0.421 e. The third kappa shape index (κ3) is 4.70. The van der Waals surface area contributed by atoms with Crippen molar-refractivity contribution in [2.24, 2.45) is 0 Å². The highest BCUT2D eigenvalue weighted by atomic mass is 19.1. The van der Waals surface area contributed by atoms with Gasteiger partial charge in [-0.05, 0) is 42.8 Å². The van der Waals surface area contributed by atoms with Gasteiger partial charge in [-0.2, -0.15) is 4.98 Å². The summed E-state index contributed by atoms with van der Waals surface area (Å²) in [7, 11) is 0. The summed E-state index contributed by atoms with van der Waals surface area (Å²) in [4.78, 5) is 16.0. The fraction of sp³-hybridized carbons (Fsp3) is 0.240. The Morgan fingerprint density at radius 3 is 2.52 bits per heavy atom. The van der Waals surface area contributed by atoms with Crippen LogP contribution < -0.4 is 15.5 Å². The van der Waals surface area contributed by atoms with Crippen LogP contribution in [0.25, 0.3) is 22.7 Å². The Bertz CT molecular complexity index is 1210. The van der Waals surface area contributed by atoms with Gasteiger partial charge in [-0.15, -0.1) is 0 Å². The normalized spacial score (nSPS) is 14.8. The van der Waals surface area contributed by atoms with Gasteiger partial charge in [0.05, 0.1) is 6.04 Å². The van der Waals surface area contributed by atoms with Crippen LogP contribution in [0, 0.1) is 5.82 Å². The van der Waals surface area contributed by atoms with Gasteiger partial charge in [0.25, 0.3) is 6.01 Å². The Labute approximate surface area is 191 Å². The Balaban J connectivity index is 1.50. The van der Waals surface area contributed by atoms with Gasteiger partial charge >= 0.3 is 0 Å². The maximum atomic E-state index is 13.5. The lowest BCUT2D eigenvalue weighted by atomic mass is 10.1. The monoisotopic (exact) mass is 444 g/mol. The number of rotatable bonds is 6. The maximum Gasteiger partial charge on any atom is 0.298 e. The number of aromatic nitrogens is 3. The molecular weight excluding hydrogens is 419 g/mol. The zero-order valence-electron chi connectivity index (χ0n) is 18.3. The zero-order valence-corrected chi connectivity index (χ0v) is 18.3. The average Bonchev–Trinajstić information content (AvgIpc) is 3.31. The Morgan fingerprint density at radius 1 is 1.00 bits per heavy atom. The molecule has 7 nitrogen and oxygen atoms in total. The van der Waals surface area contributed by atoms with Crippen molar-refractivity contribution in [1.29, 1.82) is 0 Å². The van der Waals surface area contributed by atoms with Crippen LogP contribution in [0.2, 0.25) is 0 Å². The second-order valence-corrected chi connectivity index (χ2v) is 7.96. The molecular formula is C25H25FN6O. The molecule has 0 aliphatic carbocycles. The molecule has 4 aromatic rings. The molecule has 8 heteroatoms. The van der Waals surface area contributed by atoms with Gasteiger partial charge in [-0.25, -0.2) is 14.4 Å². The van der Waals surface area contributed by atoms with Crippen molar-refractivity contribution in [3.63, 3.8) is 0 Å². The quantitative estimate of drug-likeness (QED) is 0.453. The van der Waals surface area contributed by atoms with Crippen LogP contribution in [-0.4, -0.2) is 41.1 Å². The second-order valence-electron chi connectivity index (χ2n) is 7.96. The van der Waals surface area contributed by atoms with E-state index >= 15 is 0 Å². The molecule has 1 saturated heterocycles. The number of hydrogen-bond donors (Lipinski definition) is 2. The van der Waals surface area contributed by atoms with Crippen LogP contribution in [0.5, 0.6) is 0 Å². The molecule has 33 heavy (non-hydrogen) atoms. The fourth-order valence-electron chi connectivity index (χ4n) is 3.85. The average molecular weight is 445 g/mol. The van der Waals surface area contributed by atoms with Gasteiger partial charge in [0.2, 0.25) is 5.95 Å². The third-order valence-corrected chi connectivity index (χ3v) is 5.65. The van der Waals surface area contributed by atoms with E-state index in [1.807, 2.05) is 18.2 Å². The van der Waals surface area contributed by atoms with Crippen molar-refractivity contribution < 1.29 is 8.81 Å². The molecule has 0 bridgehead atoms. The summed E-state index contributed by atoms with van der Waals surface area (Å²) < 4.78 is 19.8. The molecule has 0 saturated carbocycles. The zero-order chi connectivity index (χ0) is 22.6. The summed E-state index contributed by atoms with van der Waals surface area (Å²) >= 11 is 0. The first kappa shape index (κ1) is 21.1. The predicted octanol–water partition coefficient (Wildman–Crippen LogP) is 4.52. The Hall–Kier alpha value is -3.78. The lowest BCUT2D eigenvalue weighted by Crippen LogP contribution is -2.43. The number of nitrogens with one attached hydrogen (secondary N) is 2. The number of hydrogen-bond acceptors (Lipinski definition) is 7. The van der Waals surface area contributed by atoms with Crippen LogP contribution in [0.15, 0.2) is 71.3 Å². The van der Waals surface area contributed by atoms with Crippen LogP contribution in [-0.2, 0) is 0 Å². The molecule has 168 valence electrons. The highest BCUT2D eigenvalue weighted by molar-refractivity contribution is 5.76. The molecule has 2 N–H and O–H groups in total. The van der Waals surface area contributed by atoms with Crippen LogP contribution >= 0.6 is 0 Å². The SMILES string of the molecule is CC(Nc1nccc(-c2oc(N3CCNCC3)nc2-c2ccc(F)cc2)n1)c1ccccc1. The Morgan fingerprint density at radius 2 is 1.76 bits per heavy atom. The summed E-state index contributed by atoms with van der Waals surface area (Å²) in [6, 6.07) is 18.7. The highest BCUT2D eigenvalue weighted by Gasteiger charge is 2.23. The summed E-state index contributed by atoms with van der Waals surface area (Å²) in [6.07, 6.45) is 1.70. The molecule has 3 heterocycles. The third-order valence-electron chi connectivity index (χ3n) is 5.65. The van der Waals surface area contributed by atoms with E-state index in [9.17, 15) is 4.39 Å². The van der Waals surface area contributed by atoms with Crippen molar-refractivity contribution in [3.05, 3.63) is 78.2 Å². The van der Waals surface area contributed by atoms with Gasteiger partial charge in [-0.1, -0.05) is 30.3 Å². The van der Waals surface area contributed by atoms with E-state index in [0.29, 0.717) is 29.1 Å². The first-order chi connectivity index (χ1) is 16.2. The number of piperazine rings is 1. The van der Waals surface area contributed by atoms with Crippen molar-refractivity contribution in [2.75, 3.05) is 36.4 Å². The van der Waals surface area contributed by atoms with E-state index in [1.165, 1.54) is 12.1 Å². The highest BCUT2D eigenvalue weighted by Crippen LogP contribution is 2.35. The molecule has 2 aromatic carbocycles. The van der Waals surface area contributed by atoms with Crippen molar-refractivity contribution in [2.45, 2.75) is 13.0 Å². The number of halogens is 1. The molecule has 5 rings (SSSR count). The molecule has 1 aliphatic rings.